The lowest BCUT2D eigenvalue weighted by Crippen LogP contribution is -2.40. The van der Waals surface area contributed by atoms with Gasteiger partial charge in [0.2, 0.25) is 10.0 Å². The third kappa shape index (κ3) is 2.52. The Morgan fingerprint density at radius 1 is 1.29 bits per heavy atom. The van der Waals surface area contributed by atoms with E-state index in [-0.39, 0.29) is 16.6 Å². The molecule has 8 heteroatoms. The summed E-state index contributed by atoms with van der Waals surface area (Å²) in [5.74, 6) is -0.679. The fourth-order valence-electron chi connectivity index (χ4n) is 2.41. The smallest absolute Gasteiger partial charge is 0.283 e. The Bertz CT molecular complexity index is 796. The highest BCUT2D eigenvalue weighted by atomic mass is 35.5. The number of aromatic nitrogens is 1. The van der Waals surface area contributed by atoms with Crippen LogP contribution in [0.3, 0.4) is 0 Å². The maximum Gasteiger partial charge on any atom is 0.283 e. The molecule has 112 valence electrons. The topological polar surface area (TPSA) is 91.1 Å². The summed E-state index contributed by atoms with van der Waals surface area (Å²) in [4.78, 5) is 16.6. The highest BCUT2D eigenvalue weighted by Crippen LogP contribution is 2.29. The monoisotopic (exact) mass is 327 g/mol. The molecule has 2 aromatic rings. The molecule has 0 saturated heterocycles. The number of sulfonamides is 1. The van der Waals surface area contributed by atoms with Gasteiger partial charge >= 0.3 is 0 Å². The molecule has 0 unspecified atom stereocenters. The first-order chi connectivity index (χ1) is 10.0. The molecule has 0 bridgehead atoms. The van der Waals surface area contributed by atoms with Crippen molar-refractivity contribution in [2.75, 3.05) is 0 Å². The number of halogens is 1. The van der Waals surface area contributed by atoms with Crippen molar-refractivity contribution < 1.29 is 13.2 Å². The summed E-state index contributed by atoms with van der Waals surface area (Å²) in [6.07, 6.45) is 2.65. The number of aromatic amines is 1. The molecule has 1 aliphatic carbocycles. The van der Waals surface area contributed by atoms with Gasteiger partial charge in [-0.3, -0.25) is 9.63 Å². The molecule has 1 aromatic carbocycles. The Morgan fingerprint density at radius 2 is 2.00 bits per heavy atom. The summed E-state index contributed by atoms with van der Waals surface area (Å²) in [6.45, 7) is 0. The number of rotatable bonds is 4. The summed E-state index contributed by atoms with van der Waals surface area (Å²) in [7, 11) is -3.79. The Hall–Kier alpha value is -1.57. The number of para-hydroxylation sites is 1. The standard InChI is InChI=1S/C13H14ClN3O3S/c14-16-13(18)11-12(9-6-1-2-7-10(9)15-11)21(19,20)17-8-4-3-5-8/h1-2,6-8,15,17H,3-5H2,(H,16,18). The first-order valence-electron chi connectivity index (χ1n) is 6.57. The Labute approximate surface area is 127 Å². The number of carbonyl (C=O) groups excluding carboxylic acids is 1. The number of hydrogen-bond donors (Lipinski definition) is 3. The number of H-pyrrole nitrogens is 1. The third-order valence-electron chi connectivity index (χ3n) is 3.67. The molecule has 1 aromatic heterocycles. The zero-order chi connectivity index (χ0) is 15.0. The zero-order valence-electron chi connectivity index (χ0n) is 11.0. The fraction of sp³-hybridized carbons (Fsp3) is 0.308. The number of amides is 1. The molecule has 6 nitrogen and oxygen atoms in total. The van der Waals surface area contributed by atoms with Crippen molar-refractivity contribution in [3.63, 3.8) is 0 Å². The van der Waals surface area contributed by atoms with Crippen molar-refractivity contribution in [1.29, 1.82) is 0 Å². The number of hydrogen-bond acceptors (Lipinski definition) is 3. The minimum absolute atomic E-state index is 0.0526. The van der Waals surface area contributed by atoms with Gasteiger partial charge in [-0.2, -0.15) is 0 Å². The highest BCUT2D eigenvalue weighted by Gasteiger charge is 2.31. The first-order valence-corrected chi connectivity index (χ1v) is 8.43. The first kappa shape index (κ1) is 14.4. The summed E-state index contributed by atoms with van der Waals surface area (Å²) in [6, 6.07) is 6.79. The van der Waals surface area contributed by atoms with E-state index in [0.717, 1.165) is 19.3 Å². The van der Waals surface area contributed by atoms with Crippen LogP contribution in [0.2, 0.25) is 0 Å². The van der Waals surface area contributed by atoms with Crippen molar-refractivity contribution in [1.82, 2.24) is 14.5 Å². The molecule has 21 heavy (non-hydrogen) atoms. The van der Waals surface area contributed by atoms with Crippen molar-refractivity contribution in [2.45, 2.75) is 30.2 Å². The molecule has 0 spiro atoms. The summed E-state index contributed by atoms with van der Waals surface area (Å²) >= 11 is 5.35. The van der Waals surface area contributed by atoms with E-state index in [1.165, 1.54) is 0 Å². The SMILES string of the molecule is O=C(NCl)c1[nH]c2ccccc2c1S(=O)(=O)NC1CCC1. The molecule has 1 saturated carbocycles. The number of benzene rings is 1. The lowest BCUT2D eigenvalue weighted by molar-refractivity contribution is 0.0974. The fourth-order valence-corrected chi connectivity index (χ4v) is 4.17. The lowest BCUT2D eigenvalue weighted by atomic mass is 9.94. The van der Waals surface area contributed by atoms with Gasteiger partial charge < -0.3 is 4.98 Å². The predicted molar refractivity (Wildman–Crippen MR) is 79.6 cm³/mol. The van der Waals surface area contributed by atoms with Gasteiger partial charge in [-0.25, -0.2) is 13.1 Å². The molecule has 0 radical (unpaired) electrons. The van der Waals surface area contributed by atoms with Gasteiger partial charge in [0.25, 0.3) is 5.91 Å². The molecule has 0 atom stereocenters. The van der Waals surface area contributed by atoms with Crippen molar-refractivity contribution in [3.8, 4) is 0 Å². The van der Waals surface area contributed by atoms with Gasteiger partial charge in [0.05, 0.1) is 0 Å². The molecule has 3 N–H and O–H groups in total. The van der Waals surface area contributed by atoms with Crippen LogP contribution in [0, 0.1) is 0 Å². The maximum absolute atomic E-state index is 12.6. The average Bonchev–Trinajstić information content (AvgIpc) is 2.82. The summed E-state index contributed by atoms with van der Waals surface area (Å²) < 4.78 is 27.8. The minimum atomic E-state index is -3.79. The molecule has 0 aliphatic heterocycles. The predicted octanol–water partition coefficient (Wildman–Crippen LogP) is 1.88. The second kappa shape index (κ2) is 5.32. The maximum atomic E-state index is 12.6. The number of fused-ring (bicyclic) bond motifs is 1. The zero-order valence-corrected chi connectivity index (χ0v) is 12.6. The normalized spacial score (nSPS) is 15.9. The second-order valence-corrected chi connectivity index (χ2v) is 6.89. The second-order valence-electron chi connectivity index (χ2n) is 5.05. The van der Waals surface area contributed by atoms with Crippen molar-refractivity contribution >= 4 is 38.6 Å². The third-order valence-corrected chi connectivity index (χ3v) is 5.44. The van der Waals surface area contributed by atoms with Gasteiger partial charge in [0, 0.05) is 28.7 Å². The van der Waals surface area contributed by atoms with Gasteiger partial charge in [0.15, 0.2) is 0 Å². The van der Waals surface area contributed by atoms with Crippen LogP contribution in [0.5, 0.6) is 0 Å². The van der Waals surface area contributed by atoms with Crippen LogP contribution in [-0.4, -0.2) is 25.4 Å². The van der Waals surface area contributed by atoms with Gasteiger partial charge in [-0.1, -0.05) is 24.6 Å². The van der Waals surface area contributed by atoms with E-state index in [2.05, 4.69) is 9.71 Å². The molecule has 3 rings (SSSR count). The Kier molecular flexibility index (Phi) is 3.64. The Balaban J connectivity index is 2.16. The lowest BCUT2D eigenvalue weighted by Gasteiger charge is -2.26. The molecule has 1 amide bonds. The van der Waals surface area contributed by atoms with Gasteiger partial charge in [-0.05, 0) is 18.9 Å². The van der Waals surface area contributed by atoms with E-state index in [1.54, 1.807) is 24.3 Å². The van der Waals surface area contributed by atoms with E-state index in [9.17, 15) is 13.2 Å². The van der Waals surface area contributed by atoms with E-state index in [1.807, 2.05) is 4.84 Å². The van der Waals surface area contributed by atoms with Gasteiger partial charge in [-0.15, -0.1) is 0 Å². The summed E-state index contributed by atoms with van der Waals surface area (Å²) in [5, 5.41) is 0.472. The van der Waals surface area contributed by atoms with Crippen LogP contribution in [0.1, 0.15) is 29.8 Å². The van der Waals surface area contributed by atoms with Crippen LogP contribution >= 0.6 is 11.8 Å². The van der Waals surface area contributed by atoms with Crippen molar-refractivity contribution in [2.24, 2.45) is 0 Å². The van der Waals surface area contributed by atoms with Crippen molar-refractivity contribution in [3.05, 3.63) is 30.0 Å². The largest absolute Gasteiger partial charge is 0.349 e. The van der Waals surface area contributed by atoms with Crippen LogP contribution < -0.4 is 9.56 Å². The Morgan fingerprint density at radius 3 is 2.62 bits per heavy atom. The molecule has 1 fully saturated rings. The van der Waals surface area contributed by atoms with E-state index >= 15 is 0 Å². The van der Waals surface area contributed by atoms with E-state index < -0.39 is 15.9 Å². The van der Waals surface area contributed by atoms with Crippen LogP contribution in [0.15, 0.2) is 29.2 Å². The van der Waals surface area contributed by atoms with E-state index in [4.69, 9.17) is 11.8 Å². The van der Waals surface area contributed by atoms with E-state index in [0.29, 0.717) is 10.9 Å². The van der Waals surface area contributed by atoms with Gasteiger partial charge in [0.1, 0.15) is 10.6 Å². The highest BCUT2D eigenvalue weighted by molar-refractivity contribution is 7.89. The minimum Gasteiger partial charge on any atom is -0.349 e. The number of nitrogens with one attached hydrogen (secondary N) is 3. The molecule has 1 aliphatic rings. The molecule has 1 heterocycles. The molecular formula is C13H14ClN3O3S. The molecular weight excluding hydrogens is 314 g/mol. The number of carbonyl (C=O) groups is 1. The quantitative estimate of drug-likeness (QED) is 0.749. The van der Waals surface area contributed by atoms with Crippen LogP contribution in [-0.2, 0) is 10.0 Å². The summed E-state index contributed by atoms with van der Waals surface area (Å²) in [5.41, 5.74) is 0.514. The average molecular weight is 328 g/mol. The van der Waals surface area contributed by atoms with Crippen LogP contribution in [0.25, 0.3) is 10.9 Å². The van der Waals surface area contributed by atoms with Crippen LogP contribution in [0.4, 0.5) is 0 Å².